The third-order valence-corrected chi connectivity index (χ3v) is 4.53. The first-order valence-electron chi connectivity index (χ1n) is 8.92. The molecule has 0 saturated heterocycles. The van der Waals surface area contributed by atoms with Gasteiger partial charge in [-0.15, -0.1) is 24.0 Å². The van der Waals surface area contributed by atoms with E-state index in [1.165, 1.54) is 19.3 Å². The third-order valence-electron chi connectivity index (χ3n) is 4.53. The lowest BCUT2D eigenvalue weighted by Gasteiger charge is -2.32. The Morgan fingerprint density at radius 2 is 1.92 bits per heavy atom. The summed E-state index contributed by atoms with van der Waals surface area (Å²) in [5.41, 5.74) is 0.955. The van der Waals surface area contributed by atoms with Gasteiger partial charge in [-0.25, -0.2) is 4.99 Å². The highest BCUT2D eigenvalue weighted by Gasteiger charge is 2.24. The number of nitrogens with zero attached hydrogens (tertiary/aromatic N) is 1. The van der Waals surface area contributed by atoms with Gasteiger partial charge in [0.25, 0.3) is 0 Å². The predicted octanol–water partition coefficient (Wildman–Crippen LogP) is 3.90. The van der Waals surface area contributed by atoms with E-state index in [9.17, 15) is 5.11 Å². The lowest BCUT2D eigenvalue weighted by molar-refractivity contribution is 0.255. The maximum absolute atomic E-state index is 9.87. The molecule has 0 aliphatic heterocycles. The Hall–Kier alpha value is -1.18. The Bertz CT molecular complexity index is 556. The molecule has 2 rings (SSSR count). The van der Waals surface area contributed by atoms with E-state index < -0.39 is 0 Å². The molecule has 0 bridgehead atoms. The van der Waals surface area contributed by atoms with Gasteiger partial charge >= 0.3 is 0 Å². The molecule has 142 valence electrons. The van der Waals surface area contributed by atoms with Gasteiger partial charge in [0.2, 0.25) is 0 Å². The highest BCUT2D eigenvalue weighted by Crippen LogP contribution is 2.28. The average molecular weight is 461 g/mol. The van der Waals surface area contributed by atoms with Crippen molar-refractivity contribution in [2.24, 2.45) is 16.8 Å². The van der Waals surface area contributed by atoms with Crippen LogP contribution in [0.2, 0.25) is 0 Å². The van der Waals surface area contributed by atoms with Gasteiger partial charge in [0.05, 0.1) is 13.7 Å². The van der Waals surface area contributed by atoms with Crippen molar-refractivity contribution in [3.05, 3.63) is 23.8 Å². The summed E-state index contributed by atoms with van der Waals surface area (Å²) in [6.07, 6.45) is 3.70. The van der Waals surface area contributed by atoms with Crippen LogP contribution in [0.25, 0.3) is 0 Å². The quantitative estimate of drug-likeness (QED) is 0.354. The number of nitrogens with one attached hydrogen (secondary N) is 2. The molecule has 2 unspecified atom stereocenters. The molecule has 0 amide bonds. The van der Waals surface area contributed by atoms with Gasteiger partial charge in [0.1, 0.15) is 0 Å². The van der Waals surface area contributed by atoms with Gasteiger partial charge in [0.15, 0.2) is 17.5 Å². The third kappa shape index (κ3) is 6.92. The van der Waals surface area contributed by atoms with Crippen molar-refractivity contribution in [2.75, 3.05) is 13.7 Å². The summed E-state index contributed by atoms with van der Waals surface area (Å²) >= 11 is 0. The molecule has 1 aromatic carbocycles. The molecule has 0 spiro atoms. The number of ether oxygens (including phenoxy) is 1. The molecular formula is C19H32IN3O2. The number of phenolic OH excluding ortho intramolecular Hbond substituents is 1. The van der Waals surface area contributed by atoms with E-state index in [2.05, 4.69) is 36.4 Å². The summed E-state index contributed by atoms with van der Waals surface area (Å²) in [6, 6.07) is 5.88. The van der Waals surface area contributed by atoms with Crippen LogP contribution < -0.4 is 15.4 Å². The molecule has 3 N–H and O–H groups in total. The van der Waals surface area contributed by atoms with Crippen molar-refractivity contribution in [3.8, 4) is 11.5 Å². The van der Waals surface area contributed by atoms with Crippen LogP contribution in [0.1, 0.15) is 45.6 Å². The second-order valence-electron chi connectivity index (χ2n) is 6.96. The summed E-state index contributed by atoms with van der Waals surface area (Å²) in [7, 11) is 1.55. The van der Waals surface area contributed by atoms with E-state index in [-0.39, 0.29) is 29.7 Å². The van der Waals surface area contributed by atoms with Gasteiger partial charge in [0, 0.05) is 12.6 Å². The van der Waals surface area contributed by atoms with Crippen LogP contribution in [0.4, 0.5) is 0 Å². The lowest BCUT2D eigenvalue weighted by atomic mass is 9.80. The minimum Gasteiger partial charge on any atom is -0.504 e. The molecule has 1 saturated carbocycles. The topological polar surface area (TPSA) is 65.9 Å². The molecule has 25 heavy (non-hydrogen) atoms. The molecule has 1 aliphatic carbocycles. The molecule has 2 atom stereocenters. The van der Waals surface area contributed by atoms with Crippen LogP contribution in [0, 0.1) is 11.8 Å². The maximum Gasteiger partial charge on any atom is 0.191 e. The van der Waals surface area contributed by atoms with Crippen molar-refractivity contribution < 1.29 is 9.84 Å². The van der Waals surface area contributed by atoms with E-state index in [4.69, 9.17) is 4.74 Å². The number of benzene rings is 1. The molecule has 0 aromatic heterocycles. The molecule has 1 aromatic rings. The zero-order valence-electron chi connectivity index (χ0n) is 15.7. The predicted molar refractivity (Wildman–Crippen MR) is 114 cm³/mol. The summed E-state index contributed by atoms with van der Waals surface area (Å²) < 4.78 is 5.07. The van der Waals surface area contributed by atoms with Crippen molar-refractivity contribution in [1.29, 1.82) is 0 Å². The Morgan fingerprint density at radius 3 is 2.48 bits per heavy atom. The second-order valence-corrected chi connectivity index (χ2v) is 6.96. The van der Waals surface area contributed by atoms with Gasteiger partial charge in [-0.2, -0.15) is 0 Å². The number of hydrogen-bond donors (Lipinski definition) is 3. The Morgan fingerprint density at radius 1 is 1.24 bits per heavy atom. The molecule has 0 heterocycles. The molecule has 0 radical (unpaired) electrons. The smallest absolute Gasteiger partial charge is 0.191 e. The monoisotopic (exact) mass is 461 g/mol. The normalized spacial score (nSPS) is 23.5. The summed E-state index contributed by atoms with van der Waals surface area (Å²) in [5.74, 6) is 3.00. The molecule has 5 nitrogen and oxygen atoms in total. The van der Waals surface area contributed by atoms with Crippen LogP contribution in [0.15, 0.2) is 23.2 Å². The van der Waals surface area contributed by atoms with E-state index in [0.29, 0.717) is 18.3 Å². The average Bonchev–Trinajstić information content (AvgIpc) is 2.52. The van der Waals surface area contributed by atoms with Crippen molar-refractivity contribution in [1.82, 2.24) is 10.6 Å². The minimum atomic E-state index is 0. The number of halogens is 1. The minimum absolute atomic E-state index is 0. The number of aromatic hydroxyl groups is 1. The Kier molecular flexibility index (Phi) is 9.38. The first-order chi connectivity index (χ1) is 11.5. The number of hydrogen-bond acceptors (Lipinski definition) is 3. The summed E-state index contributed by atoms with van der Waals surface area (Å²) in [4.78, 5) is 4.67. The van der Waals surface area contributed by atoms with Crippen LogP contribution in [-0.2, 0) is 6.54 Å². The highest BCUT2D eigenvalue weighted by molar-refractivity contribution is 14.0. The lowest BCUT2D eigenvalue weighted by Crippen LogP contribution is -2.46. The molecule has 6 heteroatoms. The van der Waals surface area contributed by atoms with Gasteiger partial charge < -0.3 is 20.5 Å². The number of methoxy groups -OCH3 is 1. The highest BCUT2D eigenvalue weighted by atomic mass is 127. The molecular weight excluding hydrogens is 429 g/mol. The first kappa shape index (κ1) is 21.9. The largest absolute Gasteiger partial charge is 0.504 e. The first-order valence-corrected chi connectivity index (χ1v) is 8.92. The van der Waals surface area contributed by atoms with Crippen LogP contribution in [-0.4, -0.2) is 30.8 Å². The number of rotatable bonds is 5. The Balaban J connectivity index is 0.00000312. The SMILES string of the molecule is CCNC(=NCc1ccc(OC)c(O)c1)NC1CC(C)CC(C)C1.I. The van der Waals surface area contributed by atoms with Crippen molar-refractivity contribution in [3.63, 3.8) is 0 Å². The summed E-state index contributed by atoms with van der Waals surface area (Å²) in [5, 5.41) is 16.8. The fraction of sp³-hybridized carbons (Fsp3) is 0.632. The Labute approximate surface area is 168 Å². The zero-order valence-corrected chi connectivity index (χ0v) is 18.0. The van der Waals surface area contributed by atoms with Gasteiger partial charge in [-0.1, -0.05) is 19.9 Å². The van der Waals surface area contributed by atoms with E-state index in [0.717, 1.165) is 29.9 Å². The van der Waals surface area contributed by atoms with E-state index in [1.54, 1.807) is 19.2 Å². The van der Waals surface area contributed by atoms with E-state index in [1.807, 2.05) is 6.07 Å². The number of phenols is 1. The second kappa shape index (κ2) is 10.7. The van der Waals surface area contributed by atoms with Crippen molar-refractivity contribution >= 4 is 29.9 Å². The van der Waals surface area contributed by atoms with Crippen molar-refractivity contribution in [2.45, 2.75) is 52.6 Å². The van der Waals surface area contributed by atoms with Gasteiger partial charge in [-0.3, -0.25) is 0 Å². The summed E-state index contributed by atoms with van der Waals surface area (Å²) in [6.45, 7) is 8.08. The van der Waals surface area contributed by atoms with Crippen LogP contribution in [0.5, 0.6) is 11.5 Å². The number of aliphatic imine (C=N–C) groups is 1. The molecule has 1 fully saturated rings. The van der Waals surface area contributed by atoms with Crippen LogP contribution in [0.3, 0.4) is 0 Å². The maximum atomic E-state index is 9.87. The standard InChI is InChI=1S/C19H31N3O2.HI/c1-5-20-19(22-16-9-13(2)8-14(3)10-16)21-12-15-6-7-18(24-4)17(23)11-15;/h6-7,11,13-14,16,23H,5,8-10,12H2,1-4H3,(H2,20,21,22);1H. The fourth-order valence-electron chi connectivity index (χ4n) is 3.58. The molecule has 1 aliphatic rings. The van der Waals surface area contributed by atoms with Gasteiger partial charge in [-0.05, 0) is 55.7 Å². The van der Waals surface area contributed by atoms with E-state index >= 15 is 0 Å². The van der Waals surface area contributed by atoms with Crippen LogP contribution >= 0.6 is 24.0 Å². The zero-order chi connectivity index (χ0) is 17.5. The fourth-order valence-corrected chi connectivity index (χ4v) is 3.58. The number of guanidine groups is 1.